The van der Waals surface area contributed by atoms with E-state index in [1.54, 1.807) is 36.4 Å². The van der Waals surface area contributed by atoms with E-state index in [0.29, 0.717) is 28.1 Å². The second-order valence-electron chi connectivity index (χ2n) is 7.39. The maximum absolute atomic E-state index is 13.0. The number of aromatic nitrogens is 2. The lowest BCUT2D eigenvalue weighted by molar-refractivity contribution is -0.143. The summed E-state index contributed by atoms with van der Waals surface area (Å²) < 4.78 is 47.9. The minimum absolute atomic E-state index is 0.0628. The minimum Gasteiger partial charge on any atom is -0.493 e. The van der Waals surface area contributed by atoms with Crippen molar-refractivity contribution in [1.29, 1.82) is 0 Å². The number of hydrogen-bond acceptors (Lipinski definition) is 9. The second-order valence-corrected chi connectivity index (χ2v) is 9.22. The summed E-state index contributed by atoms with van der Waals surface area (Å²) in [7, 11) is -0.813. The Kier molecular flexibility index (Phi) is 5.33. The number of benzene rings is 3. The molecule has 0 N–H and O–H groups in total. The molecule has 34 heavy (non-hydrogen) atoms. The molecule has 0 spiro atoms. The summed E-state index contributed by atoms with van der Waals surface area (Å²) in [4.78, 5) is 16.9. The largest absolute Gasteiger partial charge is 0.493 e. The lowest BCUT2D eigenvalue weighted by Gasteiger charge is -2.17. The molecule has 11 heteroatoms. The van der Waals surface area contributed by atoms with Gasteiger partial charge in [-0.25, -0.2) is 8.42 Å². The summed E-state index contributed by atoms with van der Waals surface area (Å²) in [6, 6.07) is 15.4. The third kappa shape index (κ3) is 3.59. The van der Waals surface area contributed by atoms with Gasteiger partial charge in [-0.3, -0.25) is 9.10 Å². The molecular formula is C23H19N3O7S. The van der Waals surface area contributed by atoms with Crippen LogP contribution in [0.4, 0.5) is 5.69 Å². The number of methoxy groups -OCH3 is 2. The molecule has 3 aromatic carbocycles. The van der Waals surface area contributed by atoms with Gasteiger partial charge in [-0.15, -0.1) is 0 Å². The Labute approximate surface area is 194 Å². The van der Waals surface area contributed by atoms with Crippen LogP contribution in [0, 0.1) is 0 Å². The molecule has 5 rings (SSSR count). The first kappa shape index (κ1) is 21.7. The van der Waals surface area contributed by atoms with Crippen molar-refractivity contribution in [1.82, 2.24) is 10.1 Å². The van der Waals surface area contributed by atoms with Crippen LogP contribution in [0.25, 0.3) is 22.2 Å². The Morgan fingerprint density at radius 2 is 1.79 bits per heavy atom. The van der Waals surface area contributed by atoms with Crippen LogP contribution in [-0.2, 0) is 26.2 Å². The number of anilines is 1. The fourth-order valence-electron chi connectivity index (χ4n) is 3.84. The monoisotopic (exact) mass is 481 g/mol. The molecule has 0 atom stereocenters. The molecule has 1 aromatic heterocycles. The van der Waals surface area contributed by atoms with Crippen molar-refractivity contribution >= 4 is 32.5 Å². The van der Waals surface area contributed by atoms with Gasteiger partial charge in [0.2, 0.25) is 5.82 Å². The first-order valence-electron chi connectivity index (χ1n) is 10.2. The highest BCUT2D eigenvalue weighted by atomic mass is 32.2. The number of hydrogen-bond donors (Lipinski definition) is 0. The maximum Gasteiger partial charge on any atom is 0.327 e. The van der Waals surface area contributed by atoms with Crippen LogP contribution in [0.1, 0.15) is 5.89 Å². The Bertz CT molecular complexity index is 1510. The number of esters is 1. The molecule has 0 bridgehead atoms. The van der Waals surface area contributed by atoms with Crippen LogP contribution in [-0.4, -0.2) is 45.3 Å². The molecule has 0 radical (unpaired) electrons. The van der Waals surface area contributed by atoms with Crippen molar-refractivity contribution in [2.24, 2.45) is 0 Å². The predicted octanol–water partition coefficient (Wildman–Crippen LogP) is 3.16. The van der Waals surface area contributed by atoms with E-state index in [4.69, 9.17) is 18.7 Å². The average Bonchev–Trinajstić information content (AvgIpc) is 3.41. The fourth-order valence-corrected chi connectivity index (χ4v) is 5.49. The standard InChI is InChI=1S/C23H19N3O7S/c1-30-17-10-9-15(11-18(17)31-2)23-24-20(33-25-23)13-32-21(27)12-26-16-7-3-5-14-6-4-8-19(22(14)16)34(26,28)29/h3-11H,12-13H2,1-2H3. The van der Waals surface area contributed by atoms with Gasteiger partial charge in [-0.1, -0.05) is 29.4 Å². The highest BCUT2D eigenvalue weighted by molar-refractivity contribution is 7.93. The van der Waals surface area contributed by atoms with Gasteiger partial charge >= 0.3 is 5.97 Å². The first-order chi connectivity index (χ1) is 16.4. The maximum atomic E-state index is 13.0. The Balaban J connectivity index is 1.29. The van der Waals surface area contributed by atoms with E-state index < -0.39 is 22.5 Å². The van der Waals surface area contributed by atoms with Gasteiger partial charge < -0.3 is 18.7 Å². The summed E-state index contributed by atoms with van der Waals surface area (Å²) in [5.41, 5.74) is 1.06. The van der Waals surface area contributed by atoms with E-state index in [2.05, 4.69) is 10.1 Å². The van der Waals surface area contributed by atoms with Crippen molar-refractivity contribution in [2.75, 3.05) is 25.1 Å². The molecule has 0 fully saturated rings. The highest BCUT2D eigenvalue weighted by Crippen LogP contribution is 2.41. The van der Waals surface area contributed by atoms with Gasteiger partial charge in [0, 0.05) is 10.9 Å². The van der Waals surface area contributed by atoms with Gasteiger partial charge in [-0.05, 0) is 35.7 Å². The lowest BCUT2D eigenvalue weighted by Crippen LogP contribution is -2.33. The molecule has 10 nitrogen and oxygen atoms in total. The van der Waals surface area contributed by atoms with Crippen molar-refractivity contribution in [3.63, 3.8) is 0 Å². The summed E-state index contributed by atoms with van der Waals surface area (Å²) in [5, 5.41) is 5.27. The van der Waals surface area contributed by atoms with Gasteiger partial charge in [0.25, 0.3) is 15.9 Å². The van der Waals surface area contributed by atoms with E-state index in [0.717, 1.165) is 9.69 Å². The van der Waals surface area contributed by atoms with E-state index in [1.807, 2.05) is 12.1 Å². The Morgan fingerprint density at radius 1 is 1.03 bits per heavy atom. The molecule has 0 saturated heterocycles. The van der Waals surface area contributed by atoms with Crippen LogP contribution in [0.3, 0.4) is 0 Å². The van der Waals surface area contributed by atoms with Crippen molar-refractivity contribution in [3.05, 3.63) is 60.5 Å². The lowest BCUT2D eigenvalue weighted by atomic mass is 10.1. The molecule has 1 aliphatic heterocycles. The Hall–Kier alpha value is -4.12. The quantitative estimate of drug-likeness (QED) is 0.366. The molecule has 2 heterocycles. The van der Waals surface area contributed by atoms with Gasteiger partial charge in [0.05, 0.1) is 24.8 Å². The SMILES string of the molecule is COc1ccc(-c2noc(COC(=O)CN3c4cccc5cccc(c45)S3(=O)=O)n2)cc1OC. The number of ether oxygens (including phenoxy) is 3. The summed E-state index contributed by atoms with van der Waals surface area (Å²) in [6.45, 7) is -0.781. The molecular weight excluding hydrogens is 462 g/mol. The zero-order valence-electron chi connectivity index (χ0n) is 18.2. The van der Waals surface area contributed by atoms with E-state index in [-0.39, 0.29) is 23.2 Å². The van der Waals surface area contributed by atoms with Crippen LogP contribution in [0.15, 0.2) is 64.0 Å². The van der Waals surface area contributed by atoms with Crippen molar-refractivity contribution < 1.29 is 31.9 Å². The predicted molar refractivity (Wildman–Crippen MR) is 121 cm³/mol. The van der Waals surface area contributed by atoms with Crippen LogP contribution < -0.4 is 13.8 Å². The summed E-state index contributed by atoms with van der Waals surface area (Å²) >= 11 is 0. The van der Waals surface area contributed by atoms with E-state index in [9.17, 15) is 13.2 Å². The third-order valence-electron chi connectivity index (χ3n) is 5.42. The summed E-state index contributed by atoms with van der Waals surface area (Å²) in [6.07, 6.45) is 0. The van der Waals surface area contributed by atoms with E-state index in [1.165, 1.54) is 20.3 Å². The van der Waals surface area contributed by atoms with E-state index >= 15 is 0 Å². The number of carbonyl (C=O) groups excluding carboxylic acids is 1. The fraction of sp³-hybridized carbons (Fsp3) is 0.174. The number of rotatable bonds is 7. The molecule has 4 aromatic rings. The number of carbonyl (C=O) groups is 1. The normalized spacial score (nSPS) is 13.8. The molecule has 0 saturated carbocycles. The second kappa shape index (κ2) is 8.34. The molecule has 0 aliphatic carbocycles. The zero-order chi connectivity index (χ0) is 23.9. The van der Waals surface area contributed by atoms with Gasteiger partial charge in [0.15, 0.2) is 18.1 Å². The van der Waals surface area contributed by atoms with Gasteiger partial charge in [0.1, 0.15) is 6.54 Å². The molecule has 1 aliphatic rings. The highest BCUT2D eigenvalue weighted by Gasteiger charge is 2.37. The minimum atomic E-state index is -3.86. The van der Waals surface area contributed by atoms with Crippen LogP contribution in [0.5, 0.6) is 11.5 Å². The number of sulfonamides is 1. The molecule has 0 unspecified atom stereocenters. The Morgan fingerprint density at radius 3 is 2.56 bits per heavy atom. The molecule has 0 amide bonds. The third-order valence-corrected chi connectivity index (χ3v) is 7.22. The van der Waals surface area contributed by atoms with Crippen LogP contribution in [0.2, 0.25) is 0 Å². The van der Waals surface area contributed by atoms with Crippen molar-refractivity contribution in [2.45, 2.75) is 11.5 Å². The van der Waals surface area contributed by atoms with Crippen LogP contribution >= 0.6 is 0 Å². The van der Waals surface area contributed by atoms with Gasteiger partial charge in [-0.2, -0.15) is 4.98 Å². The summed E-state index contributed by atoms with van der Waals surface area (Å²) in [5.74, 6) is 0.641. The smallest absolute Gasteiger partial charge is 0.327 e. The zero-order valence-corrected chi connectivity index (χ0v) is 19.0. The average molecular weight is 481 g/mol. The van der Waals surface area contributed by atoms with Crippen molar-refractivity contribution in [3.8, 4) is 22.9 Å². The topological polar surface area (TPSA) is 121 Å². The molecule has 174 valence electrons. The number of nitrogens with zero attached hydrogens (tertiary/aromatic N) is 3. The first-order valence-corrected chi connectivity index (χ1v) is 11.6.